The fourth-order valence-corrected chi connectivity index (χ4v) is 2.59. The van der Waals surface area contributed by atoms with Crippen molar-refractivity contribution in [2.24, 2.45) is 0 Å². The fraction of sp³-hybridized carbons (Fsp3) is 0.0769. The van der Waals surface area contributed by atoms with Crippen molar-refractivity contribution in [3.05, 3.63) is 52.8 Å². The van der Waals surface area contributed by atoms with Crippen molar-refractivity contribution in [3.63, 3.8) is 0 Å². The Bertz CT molecular complexity index is 742. The van der Waals surface area contributed by atoms with Gasteiger partial charge in [-0.25, -0.2) is 13.4 Å². The highest BCUT2D eigenvalue weighted by Gasteiger charge is 2.12. The van der Waals surface area contributed by atoms with Crippen molar-refractivity contribution < 1.29 is 13.2 Å². The molecule has 0 spiro atoms. The predicted molar refractivity (Wildman–Crippen MR) is 79.4 cm³/mol. The van der Waals surface area contributed by atoms with Crippen LogP contribution in [0.15, 0.2) is 52.0 Å². The molecular formula is C13H11BrN2O3S. The summed E-state index contributed by atoms with van der Waals surface area (Å²) >= 11 is 3.25. The molecule has 0 atom stereocenters. The Morgan fingerprint density at radius 2 is 1.85 bits per heavy atom. The first-order chi connectivity index (χ1) is 9.38. The second-order valence-corrected chi connectivity index (χ2v) is 6.95. The second-order valence-electron chi connectivity index (χ2n) is 4.08. The summed E-state index contributed by atoms with van der Waals surface area (Å²) < 4.78 is 23.2. The number of aromatic nitrogens is 1. The van der Waals surface area contributed by atoms with E-state index in [9.17, 15) is 13.2 Å². The Balaban J connectivity index is 2.19. The number of hydrogen-bond donors (Lipinski definition) is 1. The van der Waals surface area contributed by atoms with Gasteiger partial charge < -0.3 is 5.32 Å². The van der Waals surface area contributed by atoms with E-state index in [1.165, 1.54) is 30.5 Å². The van der Waals surface area contributed by atoms with Gasteiger partial charge in [0.25, 0.3) is 5.91 Å². The van der Waals surface area contributed by atoms with E-state index < -0.39 is 9.84 Å². The number of carbonyl (C=O) groups excluding carboxylic acids is 1. The molecule has 0 unspecified atom stereocenters. The number of rotatable bonds is 3. The Morgan fingerprint density at radius 1 is 1.20 bits per heavy atom. The maximum Gasteiger partial charge on any atom is 0.275 e. The van der Waals surface area contributed by atoms with Crippen molar-refractivity contribution in [1.29, 1.82) is 0 Å². The summed E-state index contributed by atoms with van der Waals surface area (Å²) in [4.78, 5) is 16.2. The van der Waals surface area contributed by atoms with Crippen molar-refractivity contribution in [2.45, 2.75) is 4.90 Å². The van der Waals surface area contributed by atoms with Crippen LogP contribution in [0.1, 0.15) is 10.5 Å². The molecule has 5 nitrogen and oxygen atoms in total. The van der Waals surface area contributed by atoms with E-state index in [0.29, 0.717) is 10.2 Å². The van der Waals surface area contributed by atoms with Crippen LogP contribution >= 0.6 is 15.9 Å². The maximum absolute atomic E-state index is 12.0. The third kappa shape index (κ3) is 3.43. The first kappa shape index (κ1) is 14.7. The number of benzene rings is 1. The molecule has 0 saturated heterocycles. The Morgan fingerprint density at radius 3 is 2.40 bits per heavy atom. The largest absolute Gasteiger partial charge is 0.321 e. The van der Waals surface area contributed by atoms with Crippen LogP contribution in [0.4, 0.5) is 5.69 Å². The summed E-state index contributed by atoms with van der Waals surface area (Å²) in [6, 6.07) is 9.38. The number of halogens is 1. The first-order valence-electron chi connectivity index (χ1n) is 5.60. The minimum Gasteiger partial charge on any atom is -0.321 e. The van der Waals surface area contributed by atoms with E-state index in [-0.39, 0.29) is 16.5 Å². The molecule has 0 aliphatic heterocycles. The first-order valence-corrected chi connectivity index (χ1v) is 8.28. The minimum absolute atomic E-state index is 0.203. The van der Waals surface area contributed by atoms with Crippen molar-refractivity contribution >= 4 is 37.4 Å². The Labute approximate surface area is 125 Å². The van der Waals surface area contributed by atoms with Gasteiger partial charge in [-0.2, -0.15) is 0 Å². The van der Waals surface area contributed by atoms with Gasteiger partial charge in [-0.15, -0.1) is 0 Å². The lowest BCUT2D eigenvalue weighted by atomic mass is 10.3. The van der Waals surface area contributed by atoms with Crippen LogP contribution in [0.3, 0.4) is 0 Å². The molecule has 0 aliphatic rings. The van der Waals surface area contributed by atoms with Crippen molar-refractivity contribution in [2.75, 3.05) is 11.6 Å². The molecule has 2 rings (SSSR count). The van der Waals surface area contributed by atoms with Gasteiger partial charge in [-0.1, -0.05) is 0 Å². The molecule has 1 amide bonds. The number of hydrogen-bond acceptors (Lipinski definition) is 4. The van der Waals surface area contributed by atoms with E-state index in [0.717, 1.165) is 6.26 Å². The molecule has 0 fully saturated rings. The third-order valence-electron chi connectivity index (χ3n) is 2.51. The molecule has 1 heterocycles. The highest BCUT2D eigenvalue weighted by Crippen LogP contribution is 2.17. The molecule has 104 valence electrons. The van der Waals surface area contributed by atoms with Gasteiger partial charge in [0, 0.05) is 22.6 Å². The molecule has 1 N–H and O–H groups in total. The van der Waals surface area contributed by atoms with Crippen LogP contribution in [0.2, 0.25) is 0 Å². The summed E-state index contributed by atoms with van der Waals surface area (Å²) in [6.45, 7) is 0. The number of amides is 1. The van der Waals surface area contributed by atoms with Gasteiger partial charge in [0.2, 0.25) is 0 Å². The van der Waals surface area contributed by atoms with Gasteiger partial charge in [-0.05, 0) is 52.3 Å². The van der Waals surface area contributed by atoms with Crippen LogP contribution in [0.5, 0.6) is 0 Å². The predicted octanol–water partition coefficient (Wildman–Crippen LogP) is 2.50. The van der Waals surface area contributed by atoms with E-state index in [2.05, 4.69) is 26.2 Å². The summed E-state index contributed by atoms with van der Waals surface area (Å²) in [7, 11) is -3.24. The zero-order chi connectivity index (χ0) is 14.8. The van der Waals surface area contributed by atoms with Gasteiger partial charge in [-0.3, -0.25) is 4.79 Å². The van der Waals surface area contributed by atoms with E-state index in [4.69, 9.17) is 0 Å². The van der Waals surface area contributed by atoms with Gasteiger partial charge >= 0.3 is 0 Å². The minimum atomic E-state index is -3.24. The molecule has 1 aromatic heterocycles. The lowest BCUT2D eigenvalue weighted by molar-refractivity contribution is 0.102. The van der Waals surface area contributed by atoms with Gasteiger partial charge in [0.15, 0.2) is 9.84 Å². The highest BCUT2D eigenvalue weighted by molar-refractivity contribution is 9.10. The molecule has 0 bridgehead atoms. The van der Waals surface area contributed by atoms with Crippen molar-refractivity contribution in [1.82, 2.24) is 4.98 Å². The van der Waals surface area contributed by atoms with E-state index >= 15 is 0 Å². The molecule has 0 radical (unpaired) electrons. The second kappa shape index (κ2) is 5.72. The van der Waals surface area contributed by atoms with Crippen LogP contribution in [-0.2, 0) is 9.84 Å². The van der Waals surface area contributed by atoms with Crippen LogP contribution in [0.25, 0.3) is 0 Å². The number of sulfone groups is 1. The molecule has 0 saturated carbocycles. The highest BCUT2D eigenvalue weighted by atomic mass is 79.9. The molecular weight excluding hydrogens is 344 g/mol. The SMILES string of the molecule is CS(=O)(=O)c1ccc(NC(=O)c2ncccc2Br)cc1. The van der Waals surface area contributed by atoms with E-state index in [1.807, 2.05) is 0 Å². The topological polar surface area (TPSA) is 76.1 Å². The molecule has 2 aromatic rings. The third-order valence-corrected chi connectivity index (χ3v) is 4.28. The molecule has 0 aliphatic carbocycles. The maximum atomic E-state index is 12.0. The lowest BCUT2D eigenvalue weighted by Crippen LogP contribution is -2.14. The number of nitrogens with zero attached hydrogens (tertiary/aromatic N) is 1. The zero-order valence-electron chi connectivity index (χ0n) is 10.5. The van der Waals surface area contributed by atoms with Crippen LogP contribution in [0, 0.1) is 0 Å². The monoisotopic (exact) mass is 354 g/mol. The summed E-state index contributed by atoms with van der Waals surface area (Å²) in [5.74, 6) is -0.371. The smallest absolute Gasteiger partial charge is 0.275 e. The standard InChI is InChI=1S/C13H11BrN2O3S/c1-20(18,19)10-6-4-9(5-7-10)16-13(17)12-11(14)3-2-8-15-12/h2-8H,1H3,(H,16,17). The fourth-order valence-electron chi connectivity index (χ4n) is 1.53. The van der Waals surface area contributed by atoms with Crippen LogP contribution in [-0.4, -0.2) is 25.6 Å². The summed E-state index contributed by atoms with van der Waals surface area (Å²) in [5, 5.41) is 2.65. The molecule has 20 heavy (non-hydrogen) atoms. The number of anilines is 1. The van der Waals surface area contributed by atoms with Crippen LogP contribution < -0.4 is 5.32 Å². The summed E-state index contributed by atoms with van der Waals surface area (Å²) in [6.07, 6.45) is 2.65. The van der Waals surface area contributed by atoms with Gasteiger partial charge in [0.1, 0.15) is 5.69 Å². The molecule has 1 aromatic carbocycles. The lowest BCUT2D eigenvalue weighted by Gasteiger charge is -2.06. The normalized spacial score (nSPS) is 11.1. The zero-order valence-corrected chi connectivity index (χ0v) is 12.9. The quantitative estimate of drug-likeness (QED) is 0.918. The summed E-state index contributed by atoms with van der Waals surface area (Å²) in [5.41, 5.74) is 0.764. The number of carbonyl (C=O) groups is 1. The molecule has 7 heteroatoms. The average Bonchev–Trinajstić information content (AvgIpc) is 2.38. The van der Waals surface area contributed by atoms with E-state index in [1.54, 1.807) is 12.1 Å². The number of nitrogens with one attached hydrogen (secondary N) is 1. The van der Waals surface area contributed by atoms with Crippen molar-refractivity contribution in [3.8, 4) is 0 Å². The Hall–Kier alpha value is -1.73. The Kier molecular flexibility index (Phi) is 4.20. The van der Waals surface area contributed by atoms with Gasteiger partial charge in [0.05, 0.1) is 4.90 Å². The number of pyridine rings is 1. The average molecular weight is 355 g/mol.